The summed E-state index contributed by atoms with van der Waals surface area (Å²) in [4.78, 5) is 0. The van der Waals surface area contributed by atoms with Gasteiger partial charge < -0.3 is 14.9 Å². The smallest absolute Gasteiger partial charge is 0.133 e. The Morgan fingerprint density at radius 1 is 1.29 bits per heavy atom. The van der Waals surface area contributed by atoms with Gasteiger partial charge in [-0.15, -0.1) is 0 Å². The number of ether oxygens (including phenoxy) is 1. The molecule has 3 nitrogen and oxygen atoms in total. The molecule has 0 saturated heterocycles. The number of hydrogen-bond acceptors (Lipinski definition) is 3. The Morgan fingerprint density at radius 3 is 2.35 bits per heavy atom. The third-order valence-electron chi connectivity index (χ3n) is 3.22. The average Bonchev–Trinajstić information content (AvgIpc) is 2.36. The lowest BCUT2D eigenvalue weighted by Gasteiger charge is -2.28. The van der Waals surface area contributed by atoms with Crippen molar-refractivity contribution >= 4 is 15.9 Å². The molecule has 1 aromatic carbocycles. The van der Waals surface area contributed by atoms with Crippen LogP contribution in [0.15, 0.2) is 22.7 Å². The van der Waals surface area contributed by atoms with E-state index in [9.17, 15) is 10.2 Å². The molecule has 2 N–H and O–H groups in total. The second-order valence-corrected chi connectivity index (χ2v) is 5.17. The fourth-order valence-corrected chi connectivity index (χ4v) is 2.35. The number of hydrogen-bond donors (Lipinski definition) is 2. The zero-order valence-corrected chi connectivity index (χ0v) is 11.8. The molecule has 1 rings (SSSR count). The molecule has 0 aliphatic heterocycles. The average molecular weight is 303 g/mol. The van der Waals surface area contributed by atoms with E-state index in [-0.39, 0.29) is 13.2 Å². The second kappa shape index (κ2) is 6.38. The number of aliphatic hydroxyl groups is 2. The minimum atomic E-state index is -0.436. The molecule has 0 amide bonds. The summed E-state index contributed by atoms with van der Waals surface area (Å²) < 4.78 is 6.05. The molecule has 96 valence electrons. The van der Waals surface area contributed by atoms with E-state index in [1.807, 2.05) is 25.1 Å². The van der Waals surface area contributed by atoms with E-state index in [1.54, 1.807) is 7.11 Å². The second-order valence-electron chi connectivity index (χ2n) is 4.32. The molecule has 0 heterocycles. The van der Waals surface area contributed by atoms with Crippen LogP contribution in [0.2, 0.25) is 0 Å². The maximum absolute atomic E-state index is 9.41. The normalized spacial score (nSPS) is 11.6. The molecular formula is C13H19BrO3. The molecule has 4 heteroatoms. The van der Waals surface area contributed by atoms with Crippen molar-refractivity contribution in [3.05, 3.63) is 28.2 Å². The van der Waals surface area contributed by atoms with E-state index >= 15 is 0 Å². The van der Waals surface area contributed by atoms with Crippen LogP contribution in [-0.2, 0) is 6.42 Å². The molecule has 0 spiro atoms. The maximum atomic E-state index is 9.41. The largest absolute Gasteiger partial charge is 0.496 e. The van der Waals surface area contributed by atoms with Gasteiger partial charge in [0, 0.05) is 5.41 Å². The van der Waals surface area contributed by atoms with Crippen molar-refractivity contribution in [2.24, 2.45) is 5.41 Å². The van der Waals surface area contributed by atoms with Crippen LogP contribution < -0.4 is 4.74 Å². The lowest BCUT2D eigenvalue weighted by molar-refractivity contribution is 0.0514. The number of benzene rings is 1. The summed E-state index contributed by atoms with van der Waals surface area (Å²) in [7, 11) is 1.62. The summed E-state index contributed by atoms with van der Waals surface area (Å²) in [6.07, 6.45) is 1.39. The van der Waals surface area contributed by atoms with Gasteiger partial charge in [-0.2, -0.15) is 0 Å². The fraction of sp³-hybridized carbons (Fsp3) is 0.538. The van der Waals surface area contributed by atoms with Crippen molar-refractivity contribution in [2.75, 3.05) is 20.3 Å². The predicted molar refractivity (Wildman–Crippen MR) is 71.3 cm³/mol. The van der Waals surface area contributed by atoms with Crippen LogP contribution in [0.5, 0.6) is 5.75 Å². The fourth-order valence-electron chi connectivity index (χ4n) is 1.76. The van der Waals surface area contributed by atoms with Gasteiger partial charge in [0.2, 0.25) is 0 Å². The van der Waals surface area contributed by atoms with Crippen LogP contribution >= 0.6 is 15.9 Å². The van der Waals surface area contributed by atoms with E-state index in [0.717, 1.165) is 22.2 Å². The molecule has 0 atom stereocenters. The Kier molecular flexibility index (Phi) is 5.43. The van der Waals surface area contributed by atoms with Crippen molar-refractivity contribution in [3.8, 4) is 5.75 Å². The Balaban J connectivity index is 2.90. The summed E-state index contributed by atoms with van der Waals surface area (Å²) in [5.74, 6) is 0.781. The standard InChI is InChI=1S/C13H19BrO3/c1-3-13(8-15,9-16)7-10-4-5-12(17-2)11(14)6-10/h4-6,15-16H,3,7-9H2,1-2H3. The van der Waals surface area contributed by atoms with Gasteiger partial charge in [0.15, 0.2) is 0 Å². The molecule has 0 bridgehead atoms. The number of aliphatic hydroxyl groups excluding tert-OH is 2. The zero-order valence-electron chi connectivity index (χ0n) is 10.2. The van der Waals surface area contributed by atoms with Gasteiger partial charge in [-0.1, -0.05) is 13.0 Å². The first-order chi connectivity index (χ1) is 8.10. The lowest BCUT2D eigenvalue weighted by atomic mass is 9.81. The first kappa shape index (κ1) is 14.5. The van der Waals surface area contributed by atoms with Gasteiger partial charge in [-0.25, -0.2) is 0 Å². The highest BCUT2D eigenvalue weighted by molar-refractivity contribution is 9.10. The highest BCUT2D eigenvalue weighted by Crippen LogP contribution is 2.30. The topological polar surface area (TPSA) is 49.7 Å². The van der Waals surface area contributed by atoms with Crippen LogP contribution in [0.1, 0.15) is 18.9 Å². The Morgan fingerprint density at radius 2 is 1.94 bits per heavy atom. The van der Waals surface area contributed by atoms with E-state index in [4.69, 9.17) is 4.74 Å². The summed E-state index contributed by atoms with van der Waals surface area (Å²) in [5, 5.41) is 18.8. The van der Waals surface area contributed by atoms with Gasteiger partial charge in [0.1, 0.15) is 5.75 Å². The van der Waals surface area contributed by atoms with Crippen LogP contribution in [0, 0.1) is 5.41 Å². The summed E-state index contributed by atoms with van der Waals surface area (Å²) in [5.41, 5.74) is 0.635. The molecular weight excluding hydrogens is 284 g/mol. The monoisotopic (exact) mass is 302 g/mol. The van der Waals surface area contributed by atoms with Crippen molar-refractivity contribution in [1.29, 1.82) is 0 Å². The molecule has 0 unspecified atom stereocenters. The van der Waals surface area contributed by atoms with Crippen molar-refractivity contribution in [2.45, 2.75) is 19.8 Å². The highest BCUT2D eigenvalue weighted by atomic mass is 79.9. The molecule has 0 aliphatic carbocycles. The summed E-state index contributed by atoms with van der Waals surface area (Å²) in [6.45, 7) is 1.96. The van der Waals surface area contributed by atoms with Gasteiger partial charge in [0.05, 0.1) is 24.8 Å². The maximum Gasteiger partial charge on any atom is 0.133 e. The lowest BCUT2D eigenvalue weighted by Crippen LogP contribution is -2.31. The molecule has 0 saturated carbocycles. The summed E-state index contributed by atoms with van der Waals surface area (Å²) >= 11 is 3.43. The van der Waals surface area contributed by atoms with Gasteiger partial charge >= 0.3 is 0 Å². The quantitative estimate of drug-likeness (QED) is 0.848. The van der Waals surface area contributed by atoms with Crippen LogP contribution in [0.4, 0.5) is 0 Å². The van der Waals surface area contributed by atoms with E-state index in [1.165, 1.54) is 0 Å². The van der Waals surface area contributed by atoms with Crippen molar-refractivity contribution in [3.63, 3.8) is 0 Å². The van der Waals surface area contributed by atoms with E-state index < -0.39 is 5.41 Å². The Hall–Kier alpha value is -0.580. The minimum absolute atomic E-state index is 0.0103. The Bertz CT molecular complexity index is 353. The van der Waals surface area contributed by atoms with Gasteiger partial charge in [-0.3, -0.25) is 0 Å². The number of rotatable bonds is 6. The molecule has 0 fully saturated rings. The van der Waals surface area contributed by atoms with Gasteiger partial charge in [0.25, 0.3) is 0 Å². The van der Waals surface area contributed by atoms with Crippen LogP contribution in [0.25, 0.3) is 0 Å². The zero-order chi connectivity index (χ0) is 12.9. The van der Waals surface area contributed by atoms with Crippen LogP contribution in [0.3, 0.4) is 0 Å². The third-order valence-corrected chi connectivity index (χ3v) is 3.84. The molecule has 17 heavy (non-hydrogen) atoms. The highest BCUT2D eigenvalue weighted by Gasteiger charge is 2.27. The minimum Gasteiger partial charge on any atom is -0.496 e. The number of halogens is 1. The molecule has 0 aromatic heterocycles. The first-order valence-electron chi connectivity index (χ1n) is 5.65. The first-order valence-corrected chi connectivity index (χ1v) is 6.44. The number of methoxy groups -OCH3 is 1. The molecule has 0 aliphatic rings. The third kappa shape index (κ3) is 3.44. The van der Waals surface area contributed by atoms with Gasteiger partial charge in [-0.05, 0) is 46.5 Å². The van der Waals surface area contributed by atoms with E-state index in [0.29, 0.717) is 6.42 Å². The molecule has 0 radical (unpaired) electrons. The molecule has 1 aromatic rings. The van der Waals surface area contributed by atoms with E-state index in [2.05, 4.69) is 15.9 Å². The Labute approximate surface area is 111 Å². The predicted octanol–water partition coefficient (Wildman–Crippen LogP) is 2.38. The summed E-state index contributed by atoms with van der Waals surface area (Å²) in [6, 6.07) is 5.81. The van der Waals surface area contributed by atoms with Crippen LogP contribution in [-0.4, -0.2) is 30.5 Å². The van der Waals surface area contributed by atoms with Crippen molar-refractivity contribution in [1.82, 2.24) is 0 Å². The van der Waals surface area contributed by atoms with Crippen molar-refractivity contribution < 1.29 is 14.9 Å². The SMILES string of the molecule is CCC(CO)(CO)Cc1ccc(OC)c(Br)c1.